The van der Waals surface area contributed by atoms with Crippen molar-refractivity contribution in [2.45, 2.75) is 27.7 Å². The maximum Gasteiger partial charge on any atom is 0.350 e. The molecule has 1 rings (SSSR count). The van der Waals surface area contributed by atoms with E-state index in [4.69, 9.17) is 4.74 Å². The summed E-state index contributed by atoms with van der Waals surface area (Å²) in [4.78, 5) is 27.7. The Morgan fingerprint density at radius 3 is 2.56 bits per heavy atom. The summed E-state index contributed by atoms with van der Waals surface area (Å²) in [7, 11) is 0. The van der Waals surface area contributed by atoms with E-state index >= 15 is 0 Å². The van der Waals surface area contributed by atoms with Crippen LogP contribution in [-0.2, 0) is 9.53 Å². The van der Waals surface area contributed by atoms with Gasteiger partial charge < -0.3 is 10.1 Å². The number of aromatic nitrogens is 1. The number of nitrogens with one attached hydrogen (secondary N) is 1. The Hall–Kier alpha value is -1.43. The molecule has 0 saturated carbocycles. The Morgan fingerprint density at radius 2 is 2.06 bits per heavy atom. The number of carbonyl (C=O) groups excluding carboxylic acids is 2. The molecule has 0 aliphatic heterocycles. The maximum atomic E-state index is 11.7. The summed E-state index contributed by atoms with van der Waals surface area (Å²) in [5.41, 5.74) is 0.644. The first kappa shape index (κ1) is 14.6. The van der Waals surface area contributed by atoms with Crippen LogP contribution in [0.1, 0.15) is 34.2 Å². The molecule has 1 N–H and O–H groups in total. The van der Waals surface area contributed by atoms with Crippen molar-refractivity contribution in [2.75, 3.05) is 13.2 Å². The van der Waals surface area contributed by atoms with Gasteiger partial charge in [0.05, 0.1) is 10.7 Å². The number of hydrogen-bond donors (Lipinski definition) is 1. The fourth-order valence-corrected chi connectivity index (χ4v) is 2.10. The summed E-state index contributed by atoms with van der Waals surface area (Å²) in [6.07, 6.45) is 0. The summed E-state index contributed by atoms with van der Waals surface area (Å²) in [5.74, 6) is -0.398. The normalized spacial score (nSPS) is 10.5. The molecule has 0 bridgehead atoms. The third kappa shape index (κ3) is 4.44. The maximum absolute atomic E-state index is 11.7. The van der Waals surface area contributed by atoms with Crippen LogP contribution in [-0.4, -0.2) is 30.0 Å². The van der Waals surface area contributed by atoms with E-state index in [0.29, 0.717) is 23.0 Å². The van der Waals surface area contributed by atoms with Crippen molar-refractivity contribution in [2.24, 2.45) is 5.92 Å². The van der Waals surface area contributed by atoms with Gasteiger partial charge in [-0.05, 0) is 19.8 Å². The van der Waals surface area contributed by atoms with Crippen molar-refractivity contribution in [3.05, 3.63) is 15.6 Å². The lowest BCUT2D eigenvalue weighted by Crippen LogP contribution is -2.31. The zero-order valence-corrected chi connectivity index (χ0v) is 11.9. The fourth-order valence-electron chi connectivity index (χ4n) is 1.29. The van der Waals surface area contributed by atoms with Gasteiger partial charge in [0.15, 0.2) is 6.61 Å². The number of rotatable bonds is 5. The van der Waals surface area contributed by atoms with Crippen molar-refractivity contribution < 1.29 is 14.3 Å². The fraction of sp³-hybridized carbons (Fsp3) is 0.583. The van der Waals surface area contributed by atoms with Crippen LogP contribution in [0.2, 0.25) is 0 Å². The molecule has 0 unspecified atom stereocenters. The summed E-state index contributed by atoms with van der Waals surface area (Å²) < 4.78 is 4.94. The Morgan fingerprint density at radius 1 is 1.39 bits per heavy atom. The lowest BCUT2D eigenvalue weighted by molar-refractivity contribution is -0.124. The van der Waals surface area contributed by atoms with E-state index in [2.05, 4.69) is 10.3 Å². The molecule has 0 atom stereocenters. The predicted molar refractivity (Wildman–Crippen MR) is 69.7 cm³/mol. The summed E-state index contributed by atoms with van der Waals surface area (Å²) in [6, 6.07) is 0. The van der Waals surface area contributed by atoms with E-state index in [9.17, 15) is 9.59 Å². The van der Waals surface area contributed by atoms with Crippen LogP contribution in [0.15, 0.2) is 0 Å². The molecule has 1 aromatic rings. The Balaban J connectivity index is 2.42. The minimum Gasteiger partial charge on any atom is -0.451 e. The summed E-state index contributed by atoms with van der Waals surface area (Å²) in [5, 5.41) is 3.49. The molecule has 0 spiro atoms. The van der Waals surface area contributed by atoms with Gasteiger partial charge in [-0.3, -0.25) is 4.79 Å². The lowest BCUT2D eigenvalue weighted by Gasteiger charge is -2.07. The molecule has 1 heterocycles. The number of esters is 1. The first-order chi connectivity index (χ1) is 8.40. The van der Waals surface area contributed by atoms with Crippen LogP contribution >= 0.6 is 11.3 Å². The first-order valence-corrected chi connectivity index (χ1v) is 6.59. The average Bonchev–Trinajstić information content (AvgIpc) is 2.62. The topological polar surface area (TPSA) is 68.3 Å². The number of thiazole rings is 1. The molecule has 1 aromatic heterocycles. The molecule has 1 amide bonds. The van der Waals surface area contributed by atoms with Crippen molar-refractivity contribution in [1.29, 1.82) is 0 Å². The van der Waals surface area contributed by atoms with E-state index in [1.165, 1.54) is 11.3 Å². The van der Waals surface area contributed by atoms with Gasteiger partial charge >= 0.3 is 5.97 Å². The SMILES string of the molecule is Cc1nc(C)c(C(=O)OCC(=O)NCC(C)C)s1. The van der Waals surface area contributed by atoms with Crippen molar-refractivity contribution in [3.63, 3.8) is 0 Å². The van der Waals surface area contributed by atoms with Gasteiger partial charge in [0, 0.05) is 6.54 Å². The Bertz CT molecular complexity index is 441. The second kappa shape index (κ2) is 6.49. The van der Waals surface area contributed by atoms with E-state index in [-0.39, 0.29) is 12.5 Å². The van der Waals surface area contributed by atoms with Crippen LogP contribution in [0.25, 0.3) is 0 Å². The molecule has 100 valence electrons. The molecule has 0 aliphatic rings. The number of aryl methyl sites for hydroxylation is 2. The van der Waals surface area contributed by atoms with Gasteiger partial charge in [-0.15, -0.1) is 11.3 Å². The van der Waals surface area contributed by atoms with Gasteiger partial charge in [-0.1, -0.05) is 13.8 Å². The molecular formula is C12H18N2O3S. The van der Waals surface area contributed by atoms with E-state index in [1.54, 1.807) is 6.92 Å². The third-order valence-electron chi connectivity index (χ3n) is 2.13. The van der Waals surface area contributed by atoms with Crippen LogP contribution in [0.3, 0.4) is 0 Å². The molecule has 6 heteroatoms. The second-order valence-corrected chi connectivity index (χ2v) is 5.62. The number of ether oxygens (including phenoxy) is 1. The molecule has 18 heavy (non-hydrogen) atoms. The number of nitrogens with zero attached hydrogens (tertiary/aromatic N) is 1. The van der Waals surface area contributed by atoms with Crippen LogP contribution in [0.4, 0.5) is 0 Å². The molecule has 0 aliphatic carbocycles. The van der Waals surface area contributed by atoms with E-state index < -0.39 is 5.97 Å². The second-order valence-electron chi connectivity index (χ2n) is 4.42. The van der Waals surface area contributed by atoms with Crippen LogP contribution in [0, 0.1) is 19.8 Å². The highest BCUT2D eigenvalue weighted by atomic mass is 32.1. The van der Waals surface area contributed by atoms with Gasteiger partial charge in [0.2, 0.25) is 0 Å². The molecule has 0 saturated heterocycles. The van der Waals surface area contributed by atoms with Crippen molar-refractivity contribution in [1.82, 2.24) is 10.3 Å². The Kier molecular flexibility index (Phi) is 5.27. The zero-order chi connectivity index (χ0) is 13.7. The molecule has 0 aromatic carbocycles. The molecule has 5 nitrogen and oxygen atoms in total. The summed E-state index contributed by atoms with van der Waals surface area (Å²) >= 11 is 1.28. The predicted octanol–water partition coefficient (Wildman–Crippen LogP) is 1.69. The third-order valence-corrected chi connectivity index (χ3v) is 3.18. The largest absolute Gasteiger partial charge is 0.451 e. The standard InChI is InChI=1S/C12H18N2O3S/c1-7(2)5-13-10(15)6-17-12(16)11-8(3)14-9(4)18-11/h7H,5-6H2,1-4H3,(H,13,15). The van der Waals surface area contributed by atoms with Gasteiger partial charge in [0.25, 0.3) is 5.91 Å². The minimum absolute atomic E-state index is 0.248. The number of hydrogen-bond acceptors (Lipinski definition) is 5. The number of carbonyl (C=O) groups is 2. The highest BCUT2D eigenvalue weighted by Crippen LogP contribution is 2.17. The van der Waals surface area contributed by atoms with Crippen molar-refractivity contribution in [3.8, 4) is 0 Å². The molecule has 0 fully saturated rings. The highest BCUT2D eigenvalue weighted by molar-refractivity contribution is 7.13. The monoisotopic (exact) mass is 270 g/mol. The van der Waals surface area contributed by atoms with E-state index in [1.807, 2.05) is 20.8 Å². The lowest BCUT2D eigenvalue weighted by atomic mass is 10.2. The van der Waals surface area contributed by atoms with Gasteiger partial charge in [-0.2, -0.15) is 0 Å². The minimum atomic E-state index is -0.488. The van der Waals surface area contributed by atoms with Crippen molar-refractivity contribution >= 4 is 23.2 Å². The average molecular weight is 270 g/mol. The summed E-state index contributed by atoms with van der Waals surface area (Å²) in [6.45, 7) is 7.89. The van der Waals surface area contributed by atoms with Crippen LogP contribution in [0.5, 0.6) is 0 Å². The number of amides is 1. The van der Waals surface area contributed by atoms with Crippen LogP contribution < -0.4 is 5.32 Å². The van der Waals surface area contributed by atoms with E-state index in [0.717, 1.165) is 5.01 Å². The van der Waals surface area contributed by atoms with Gasteiger partial charge in [-0.25, -0.2) is 9.78 Å². The smallest absolute Gasteiger partial charge is 0.350 e. The highest BCUT2D eigenvalue weighted by Gasteiger charge is 2.16. The van der Waals surface area contributed by atoms with Gasteiger partial charge in [0.1, 0.15) is 4.88 Å². The zero-order valence-electron chi connectivity index (χ0n) is 11.1. The molecule has 0 radical (unpaired) electrons. The first-order valence-electron chi connectivity index (χ1n) is 5.78. The quantitative estimate of drug-likeness (QED) is 0.827. The molecular weight excluding hydrogens is 252 g/mol. The Labute approximate surface area is 111 Å².